The van der Waals surface area contributed by atoms with Gasteiger partial charge in [-0.25, -0.2) is 9.59 Å². The Labute approximate surface area is 207 Å². The average Bonchev–Trinajstić information content (AvgIpc) is 3.13. The Hall–Kier alpha value is -3.60. The fourth-order valence-corrected chi connectivity index (χ4v) is 4.58. The molecule has 1 atom stereocenters. The Balaban J connectivity index is 1.43. The summed E-state index contributed by atoms with van der Waals surface area (Å²) in [7, 11) is 0. The number of alkyl carbamates (subject to hydrolysis) is 1. The standard InChI is InChI=1S/C30H33NO4/c1-20-10-9-11-21(18-20)16-17-27(28(32)35-30(2,3)4)31-29(33)34-19-26-24-14-7-5-12-22(24)23-13-6-8-15-25(23)26/h5-15,18,26-27H,16-17,19H2,1-4H3,(H,31,33). The van der Waals surface area contributed by atoms with Crippen LogP contribution in [-0.2, 0) is 20.7 Å². The van der Waals surface area contributed by atoms with Crippen molar-refractivity contribution in [3.63, 3.8) is 0 Å². The van der Waals surface area contributed by atoms with E-state index in [2.05, 4.69) is 35.6 Å². The SMILES string of the molecule is Cc1cccc(CCC(NC(=O)OCC2c3ccccc3-c3ccccc32)C(=O)OC(C)(C)C)c1. The van der Waals surface area contributed by atoms with Gasteiger partial charge in [0.25, 0.3) is 0 Å². The topological polar surface area (TPSA) is 64.6 Å². The highest BCUT2D eigenvalue weighted by atomic mass is 16.6. The van der Waals surface area contributed by atoms with E-state index in [9.17, 15) is 9.59 Å². The van der Waals surface area contributed by atoms with Gasteiger partial charge in [0.1, 0.15) is 18.2 Å². The van der Waals surface area contributed by atoms with Crippen molar-refractivity contribution in [2.45, 2.75) is 58.1 Å². The molecule has 182 valence electrons. The summed E-state index contributed by atoms with van der Waals surface area (Å²) in [5, 5.41) is 2.76. The quantitative estimate of drug-likeness (QED) is 0.418. The van der Waals surface area contributed by atoms with E-state index in [0.29, 0.717) is 12.8 Å². The number of benzene rings is 3. The molecule has 0 saturated carbocycles. The Morgan fingerprint density at radius 3 is 2.14 bits per heavy atom. The number of amides is 1. The summed E-state index contributed by atoms with van der Waals surface area (Å²) in [6.45, 7) is 7.67. The number of fused-ring (bicyclic) bond motifs is 3. The normalized spacial score (nSPS) is 13.5. The second-order valence-electron chi connectivity index (χ2n) is 10.1. The molecule has 1 N–H and O–H groups in total. The van der Waals surface area contributed by atoms with Crippen LogP contribution < -0.4 is 5.32 Å². The molecule has 0 fully saturated rings. The maximum absolute atomic E-state index is 12.9. The Kier molecular flexibility index (Phi) is 7.25. The van der Waals surface area contributed by atoms with Crippen LogP contribution in [0.25, 0.3) is 11.1 Å². The van der Waals surface area contributed by atoms with Crippen molar-refractivity contribution < 1.29 is 19.1 Å². The Morgan fingerprint density at radius 2 is 1.54 bits per heavy atom. The fraction of sp³-hybridized carbons (Fsp3) is 0.333. The Bertz CT molecular complexity index is 1170. The number of carbonyl (C=O) groups is 2. The van der Waals surface area contributed by atoms with E-state index in [-0.39, 0.29) is 12.5 Å². The van der Waals surface area contributed by atoms with Crippen LogP contribution in [0, 0.1) is 6.92 Å². The smallest absolute Gasteiger partial charge is 0.407 e. The van der Waals surface area contributed by atoms with Gasteiger partial charge in [0.15, 0.2) is 0 Å². The number of esters is 1. The van der Waals surface area contributed by atoms with E-state index in [0.717, 1.165) is 22.3 Å². The van der Waals surface area contributed by atoms with Gasteiger partial charge in [-0.05, 0) is 68.4 Å². The zero-order valence-corrected chi connectivity index (χ0v) is 20.8. The molecule has 0 radical (unpaired) electrons. The van der Waals surface area contributed by atoms with Crippen LogP contribution >= 0.6 is 0 Å². The molecule has 1 amide bonds. The number of rotatable bonds is 7. The number of hydrogen-bond acceptors (Lipinski definition) is 4. The van der Waals surface area contributed by atoms with Gasteiger partial charge >= 0.3 is 12.1 Å². The number of nitrogens with one attached hydrogen (secondary N) is 1. The zero-order valence-electron chi connectivity index (χ0n) is 20.8. The van der Waals surface area contributed by atoms with Crippen LogP contribution in [0.1, 0.15) is 55.4 Å². The third kappa shape index (κ3) is 6.10. The van der Waals surface area contributed by atoms with E-state index in [1.54, 1.807) is 0 Å². The van der Waals surface area contributed by atoms with E-state index >= 15 is 0 Å². The van der Waals surface area contributed by atoms with Crippen molar-refractivity contribution in [3.8, 4) is 11.1 Å². The molecule has 0 heterocycles. The van der Waals surface area contributed by atoms with Crippen molar-refractivity contribution in [1.82, 2.24) is 5.32 Å². The summed E-state index contributed by atoms with van der Waals surface area (Å²) in [6, 6.07) is 23.7. The molecule has 35 heavy (non-hydrogen) atoms. The van der Waals surface area contributed by atoms with Crippen LogP contribution in [-0.4, -0.2) is 30.3 Å². The van der Waals surface area contributed by atoms with Gasteiger partial charge in [-0.3, -0.25) is 0 Å². The van der Waals surface area contributed by atoms with Gasteiger partial charge in [0, 0.05) is 5.92 Å². The van der Waals surface area contributed by atoms with Crippen molar-refractivity contribution in [1.29, 1.82) is 0 Å². The minimum Gasteiger partial charge on any atom is -0.458 e. The van der Waals surface area contributed by atoms with Gasteiger partial charge in [0.2, 0.25) is 0 Å². The first-order valence-electron chi connectivity index (χ1n) is 12.1. The fourth-order valence-electron chi connectivity index (χ4n) is 4.58. The van der Waals surface area contributed by atoms with Gasteiger partial charge in [-0.15, -0.1) is 0 Å². The molecule has 0 spiro atoms. The van der Waals surface area contributed by atoms with Crippen LogP contribution in [0.3, 0.4) is 0 Å². The Morgan fingerprint density at radius 1 is 0.914 bits per heavy atom. The van der Waals surface area contributed by atoms with Gasteiger partial charge < -0.3 is 14.8 Å². The molecule has 5 nitrogen and oxygen atoms in total. The summed E-state index contributed by atoms with van der Waals surface area (Å²) in [5.41, 5.74) is 6.23. The van der Waals surface area contributed by atoms with Gasteiger partial charge in [-0.1, -0.05) is 78.4 Å². The first kappa shape index (κ1) is 24.5. The summed E-state index contributed by atoms with van der Waals surface area (Å²) in [5.74, 6) is -0.501. The third-order valence-corrected chi connectivity index (χ3v) is 6.13. The van der Waals surface area contributed by atoms with Gasteiger partial charge in [-0.2, -0.15) is 0 Å². The van der Waals surface area contributed by atoms with Crippen LogP contribution in [0.15, 0.2) is 72.8 Å². The lowest BCUT2D eigenvalue weighted by atomic mass is 9.98. The summed E-state index contributed by atoms with van der Waals surface area (Å²) in [4.78, 5) is 25.7. The summed E-state index contributed by atoms with van der Waals surface area (Å²) >= 11 is 0. The molecule has 1 aliphatic rings. The third-order valence-electron chi connectivity index (χ3n) is 6.13. The predicted octanol–water partition coefficient (Wildman–Crippen LogP) is 6.18. The molecule has 3 aromatic rings. The summed E-state index contributed by atoms with van der Waals surface area (Å²) < 4.78 is 11.2. The maximum Gasteiger partial charge on any atom is 0.407 e. The van der Waals surface area contributed by atoms with Crippen molar-refractivity contribution in [2.24, 2.45) is 0 Å². The minimum atomic E-state index is -0.801. The monoisotopic (exact) mass is 471 g/mol. The largest absolute Gasteiger partial charge is 0.458 e. The molecule has 5 heteroatoms. The number of carbonyl (C=O) groups excluding carboxylic acids is 2. The lowest BCUT2D eigenvalue weighted by Gasteiger charge is -2.25. The molecule has 3 aromatic carbocycles. The van der Waals surface area contributed by atoms with Crippen molar-refractivity contribution in [2.75, 3.05) is 6.61 Å². The molecule has 0 aliphatic heterocycles. The zero-order chi connectivity index (χ0) is 25.0. The van der Waals surface area contributed by atoms with Crippen LogP contribution in [0.5, 0.6) is 0 Å². The van der Waals surface area contributed by atoms with E-state index in [1.807, 2.05) is 70.2 Å². The molecular weight excluding hydrogens is 438 g/mol. The average molecular weight is 472 g/mol. The predicted molar refractivity (Wildman–Crippen MR) is 137 cm³/mol. The lowest BCUT2D eigenvalue weighted by molar-refractivity contribution is -0.157. The van der Waals surface area contributed by atoms with Crippen molar-refractivity contribution in [3.05, 3.63) is 95.1 Å². The molecule has 4 rings (SSSR count). The highest BCUT2D eigenvalue weighted by Crippen LogP contribution is 2.44. The first-order valence-corrected chi connectivity index (χ1v) is 12.1. The number of hydrogen-bond donors (Lipinski definition) is 1. The summed E-state index contributed by atoms with van der Waals surface area (Å²) in [6.07, 6.45) is 0.435. The molecule has 0 bridgehead atoms. The molecular formula is C30H33NO4. The van der Waals surface area contributed by atoms with E-state index < -0.39 is 23.7 Å². The van der Waals surface area contributed by atoms with E-state index in [1.165, 1.54) is 11.1 Å². The highest BCUT2D eigenvalue weighted by Gasteiger charge is 2.31. The minimum absolute atomic E-state index is 0.0413. The number of ether oxygens (including phenoxy) is 2. The second kappa shape index (κ2) is 10.3. The molecule has 0 saturated heterocycles. The number of aryl methyl sites for hydroxylation is 2. The molecule has 0 aromatic heterocycles. The molecule has 1 aliphatic carbocycles. The van der Waals surface area contributed by atoms with Crippen molar-refractivity contribution >= 4 is 12.1 Å². The second-order valence-corrected chi connectivity index (χ2v) is 10.1. The first-order chi connectivity index (χ1) is 16.7. The molecule has 1 unspecified atom stereocenters. The lowest BCUT2D eigenvalue weighted by Crippen LogP contribution is -2.45. The van der Waals surface area contributed by atoms with E-state index in [4.69, 9.17) is 9.47 Å². The maximum atomic E-state index is 12.9. The van der Waals surface area contributed by atoms with Gasteiger partial charge in [0.05, 0.1) is 0 Å². The van der Waals surface area contributed by atoms with Crippen LogP contribution in [0.4, 0.5) is 4.79 Å². The van der Waals surface area contributed by atoms with Crippen LogP contribution in [0.2, 0.25) is 0 Å². The highest BCUT2D eigenvalue weighted by molar-refractivity contribution is 5.82.